The Balaban J connectivity index is 2.22. The summed E-state index contributed by atoms with van der Waals surface area (Å²) in [5.74, 6) is 0.867. The van der Waals surface area contributed by atoms with Crippen molar-refractivity contribution in [3.05, 3.63) is 12.7 Å². The molecule has 76 valence electrons. The molecular formula is C11H21NO. The van der Waals surface area contributed by atoms with E-state index in [0.717, 1.165) is 25.6 Å². The van der Waals surface area contributed by atoms with Gasteiger partial charge in [-0.1, -0.05) is 18.9 Å². The average molecular weight is 183 g/mol. The van der Waals surface area contributed by atoms with Crippen LogP contribution < -0.4 is 0 Å². The van der Waals surface area contributed by atoms with Gasteiger partial charge in [0.05, 0.1) is 6.61 Å². The third kappa shape index (κ3) is 3.92. The van der Waals surface area contributed by atoms with Crippen molar-refractivity contribution in [3.8, 4) is 0 Å². The predicted octanol–water partition coefficient (Wildman–Crippen LogP) is 1.66. The molecule has 0 amide bonds. The molecule has 0 unspecified atom stereocenters. The molecule has 0 atom stereocenters. The summed E-state index contributed by atoms with van der Waals surface area (Å²) < 4.78 is 0. The number of hydrogen-bond acceptors (Lipinski definition) is 2. The summed E-state index contributed by atoms with van der Waals surface area (Å²) in [4.78, 5) is 2.29. The summed E-state index contributed by atoms with van der Waals surface area (Å²) in [7, 11) is 0. The molecule has 1 N–H and O–H groups in total. The zero-order chi connectivity index (χ0) is 9.52. The molecule has 0 spiro atoms. The van der Waals surface area contributed by atoms with Crippen LogP contribution in [0.25, 0.3) is 0 Å². The lowest BCUT2D eigenvalue weighted by atomic mass is 10.1. The highest BCUT2D eigenvalue weighted by molar-refractivity contribution is 4.77. The van der Waals surface area contributed by atoms with Crippen molar-refractivity contribution < 1.29 is 5.11 Å². The maximum Gasteiger partial charge on any atom is 0.0558 e. The summed E-state index contributed by atoms with van der Waals surface area (Å²) in [6, 6.07) is 0. The quantitative estimate of drug-likeness (QED) is 0.633. The Morgan fingerprint density at radius 1 is 1.38 bits per heavy atom. The van der Waals surface area contributed by atoms with Gasteiger partial charge in [-0.05, 0) is 18.8 Å². The fraction of sp³-hybridized carbons (Fsp3) is 0.818. The molecule has 2 nitrogen and oxygen atoms in total. The molecule has 1 rings (SSSR count). The number of hydrogen-bond donors (Lipinski definition) is 1. The topological polar surface area (TPSA) is 23.5 Å². The van der Waals surface area contributed by atoms with E-state index in [0.29, 0.717) is 0 Å². The lowest BCUT2D eigenvalue weighted by molar-refractivity contribution is 0.188. The minimum atomic E-state index is 0.264. The van der Waals surface area contributed by atoms with Crippen molar-refractivity contribution in [2.75, 3.05) is 26.2 Å². The van der Waals surface area contributed by atoms with Crippen LogP contribution in [0.15, 0.2) is 12.7 Å². The van der Waals surface area contributed by atoms with E-state index in [1.807, 2.05) is 6.08 Å². The Bertz CT molecular complexity index is 141. The molecule has 13 heavy (non-hydrogen) atoms. The Morgan fingerprint density at radius 3 is 2.62 bits per heavy atom. The number of aliphatic hydroxyl groups is 1. The van der Waals surface area contributed by atoms with Crippen LogP contribution in [0.1, 0.15) is 25.7 Å². The smallest absolute Gasteiger partial charge is 0.0558 e. The van der Waals surface area contributed by atoms with Gasteiger partial charge in [0, 0.05) is 19.6 Å². The van der Waals surface area contributed by atoms with Crippen molar-refractivity contribution in [2.24, 2.45) is 5.92 Å². The van der Waals surface area contributed by atoms with Crippen LogP contribution >= 0.6 is 0 Å². The molecule has 1 fully saturated rings. The minimum Gasteiger partial charge on any atom is -0.395 e. The first-order valence-electron chi connectivity index (χ1n) is 5.31. The van der Waals surface area contributed by atoms with Gasteiger partial charge in [0.2, 0.25) is 0 Å². The van der Waals surface area contributed by atoms with Crippen molar-refractivity contribution in [3.63, 3.8) is 0 Å². The van der Waals surface area contributed by atoms with Crippen LogP contribution in [0.5, 0.6) is 0 Å². The normalized spacial score (nSPS) is 18.3. The van der Waals surface area contributed by atoms with E-state index in [-0.39, 0.29) is 6.61 Å². The van der Waals surface area contributed by atoms with Crippen molar-refractivity contribution in [1.29, 1.82) is 0 Å². The average Bonchev–Trinajstić information content (AvgIpc) is 2.58. The Kier molecular flexibility index (Phi) is 5.09. The molecule has 0 aromatic rings. The standard InChI is InChI=1S/C11H21NO/c1-2-7-12(8-9-13)10-11-5-3-4-6-11/h2,11,13H,1,3-10H2. The number of aliphatic hydroxyl groups excluding tert-OH is 1. The van der Waals surface area contributed by atoms with Gasteiger partial charge in [-0.2, -0.15) is 0 Å². The minimum absolute atomic E-state index is 0.264. The number of nitrogens with zero attached hydrogens (tertiary/aromatic N) is 1. The molecule has 0 aromatic heterocycles. The second-order valence-electron chi connectivity index (χ2n) is 3.92. The molecule has 1 aliphatic rings. The third-order valence-corrected chi connectivity index (χ3v) is 2.79. The highest BCUT2D eigenvalue weighted by Gasteiger charge is 2.17. The van der Waals surface area contributed by atoms with Gasteiger partial charge in [0.15, 0.2) is 0 Å². The Labute approximate surface area is 81.2 Å². The maximum atomic E-state index is 8.86. The highest BCUT2D eigenvalue weighted by Crippen LogP contribution is 2.25. The van der Waals surface area contributed by atoms with Crippen LogP contribution in [-0.4, -0.2) is 36.2 Å². The molecule has 0 bridgehead atoms. The molecular weight excluding hydrogens is 162 g/mol. The predicted molar refractivity (Wildman–Crippen MR) is 55.7 cm³/mol. The van der Waals surface area contributed by atoms with E-state index in [2.05, 4.69) is 11.5 Å². The summed E-state index contributed by atoms with van der Waals surface area (Å²) in [5, 5.41) is 8.86. The third-order valence-electron chi connectivity index (χ3n) is 2.79. The lowest BCUT2D eigenvalue weighted by Gasteiger charge is -2.22. The fourth-order valence-electron chi connectivity index (χ4n) is 2.14. The van der Waals surface area contributed by atoms with Gasteiger partial charge in [-0.3, -0.25) is 4.90 Å². The Hall–Kier alpha value is -0.340. The highest BCUT2D eigenvalue weighted by atomic mass is 16.3. The van der Waals surface area contributed by atoms with E-state index in [4.69, 9.17) is 5.11 Å². The van der Waals surface area contributed by atoms with Gasteiger partial charge < -0.3 is 5.11 Å². The van der Waals surface area contributed by atoms with E-state index < -0.39 is 0 Å². The fourth-order valence-corrected chi connectivity index (χ4v) is 2.14. The van der Waals surface area contributed by atoms with Gasteiger partial charge >= 0.3 is 0 Å². The van der Waals surface area contributed by atoms with Crippen molar-refractivity contribution >= 4 is 0 Å². The van der Waals surface area contributed by atoms with E-state index in [1.54, 1.807) is 0 Å². The second kappa shape index (κ2) is 6.17. The van der Waals surface area contributed by atoms with Crippen molar-refractivity contribution in [1.82, 2.24) is 4.90 Å². The van der Waals surface area contributed by atoms with Gasteiger partial charge in [-0.15, -0.1) is 6.58 Å². The molecule has 0 heterocycles. The second-order valence-corrected chi connectivity index (χ2v) is 3.92. The van der Waals surface area contributed by atoms with Crippen LogP contribution in [-0.2, 0) is 0 Å². The molecule has 1 saturated carbocycles. The van der Waals surface area contributed by atoms with Gasteiger partial charge in [0.1, 0.15) is 0 Å². The molecule has 0 aromatic carbocycles. The molecule has 0 radical (unpaired) electrons. The Morgan fingerprint density at radius 2 is 2.08 bits per heavy atom. The summed E-state index contributed by atoms with van der Waals surface area (Å²) >= 11 is 0. The summed E-state index contributed by atoms with van der Waals surface area (Å²) in [6.07, 6.45) is 7.46. The zero-order valence-electron chi connectivity index (χ0n) is 8.41. The van der Waals surface area contributed by atoms with Crippen molar-refractivity contribution in [2.45, 2.75) is 25.7 Å². The first-order chi connectivity index (χ1) is 6.36. The summed E-state index contributed by atoms with van der Waals surface area (Å²) in [5.41, 5.74) is 0. The first-order valence-corrected chi connectivity index (χ1v) is 5.31. The molecule has 0 saturated heterocycles. The summed E-state index contributed by atoms with van der Waals surface area (Å²) in [6.45, 7) is 6.85. The molecule has 0 aliphatic heterocycles. The number of rotatable bonds is 6. The van der Waals surface area contributed by atoms with E-state index in [1.165, 1.54) is 25.7 Å². The lowest BCUT2D eigenvalue weighted by Crippen LogP contribution is -2.31. The van der Waals surface area contributed by atoms with E-state index >= 15 is 0 Å². The van der Waals surface area contributed by atoms with Crippen LogP contribution in [0.3, 0.4) is 0 Å². The van der Waals surface area contributed by atoms with Gasteiger partial charge in [0.25, 0.3) is 0 Å². The monoisotopic (exact) mass is 183 g/mol. The largest absolute Gasteiger partial charge is 0.395 e. The van der Waals surface area contributed by atoms with Crippen LogP contribution in [0, 0.1) is 5.92 Å². The first kappa shape index (κ1) is 10.7. The zero-order valence-corrected chi connectivity index (χ0v) is 8.41. The van der Waals surface area contributed by atoms with Crippen LogP contribution in [0.4, 0.5) is 0 Å². The van der Waals surface area contributed by atoms with Gasteiger partial charge in [-0.25, -0.2) is 0 Å². The SMILES string of the molecule is C=CCN(CCO)CC1CCCC1. The maximum absolute atomic E-state index is 8.86. The van der Waals surface area contributed by atoms with E-state index in [9.17, 15) is 0 Å². The van der Waals surface area contributed by atoms with Crippen LogP contribution in [0.2, 0.25) is 0 Å². The molecule has 2 heteroatoms. The molecule has 1 aliphatic carbocycles.